The molecule has 1 aliphatic carbocycles. The van der Waals surface area contributed by atoms with Crippen LogP contribution >= 0.6 is 0 Å². The second-order valence-corrected chi connectivity index (χ2v) is 6.05. The highest BCUT2D eigenvalue weighted by Crippen LogP contribution is 2.38. The SMILES string of the molecule is O=C(NC[C@H](Cc1ccc(F)cc1F)C1CC1)c1cnc(=O)[nH]c1. The zero-order chi connectivity index (χ0) is 17.1. The summed E-state index contributed by atoms with van der Waals surface area (Å²) in [6.07, 6.45) is 5.05. The molecule has 1 aromatic heterocycles. The van der Waals surface area contributed by atoms with Crippen molar-refractivity contribution in [1.29, 1.82) is 0 Å². The third-order valence-corrected chi connectivity index (χ3v) is 4.24. The molecule has 7 heteroatoms. The highest BCUT2D eigenvalue weighted by molar-refractivity contribution is 5.93. The fourth-order valence-corrected chi connectivity index (χ4v) is 2.74. The van der Waals surface area contributed by atoms with Gasteiger partial charge in [0.15, 0.2) is 0 Å². The molecule has 0 spiro atoms. The molecule has 0 saturated heterocycles. The van der Waals surface area contributed by atoms with Gasteiger partial charge in [-0.25, -0.2) is 18.6 Å². The predicted octanol–water partition coefficient (Wildman–Crippen LogP) is 2.05. The van der Waals surface area contributed by atoms with Crippen LogP contribution in [-0.4, -0.2) is 22.4 Å². The van der Waals surface area contributed by atoms with Gasteiger partial charge in [0.1, 0.15) is 11.6 Å². The number of hydrogen-bond donors (Lipinski definition) is 2. The summed E-state index contributed by atoms with van der Waals surface area (Å²) in [4.78, 5) is 28.8. The predicted molar refractivity (Wildman–Crippen MR) is 83.5 cm³/mol. The Labute approximate surface area is 137 Å². The number of rotatable bonds is 6. The van der Waals surface area contributed by atoms with E-state index in [1.807, 2.05) is 0 Å². The fraction of sp³-hybridized carbons (Fsp3) is 0.353. The highest BCUT2D eigenvalue weighted by Gasteiger charge is 2.32. The third-order valence-electron chi connectivity index (χ3n) is 4.24. The fourth-order valence-electron chi connectivity index (χ4n) is 2.74. The van der Waals surface area contributed by atoms with Gasteiger partial charge in [-0.1, -0.05) is 6.07 Å². The van der Waals surface area contributed by atoms with Crippen molar-refractivity contribution >= 4 is 5.91 Å². The first-order valence-electron chi connectivity index (χ1n) is 7.80. The zero-order valence-corrected chi connectivity index (χ0v) is 12.9. The summed E-state index contributed by atoms with van der Waals surface area (Å²) in [5.41, 5.74) is 0.194. The molecule has 1 aromatic carbocycles. The minimum atomic E-state index is -0.599. The van der Waals surface area contributed by atoms with Gasteiger partial charge in [0.2, 0.25) is 0 Å². The van der Waals surface area contributed by atoms with Crippen molar-refractivity contribution in [2.24, 2.45) is 11.8 Å². The summed E-state index contributed by atoms with van der Waals surface area (Å²) in [6, 6.07) is 3.57. The molecule has 0 unspecified atom stereocenters. The lowest BCUT2D eigenvalue weighted by molar-refractivity contribution is 0.0944. The van der Waals surface area contributed by atoms with Crippen molar-refractivity contribution in [3.63, 3.8) is 0 Å². The van der Waals surface area contributed by atoms with E-state index in [4.69, 9.17) is 0 Å². The molecular weight excluding hydrogens is 316 g/mol. The molecule has 0 radical (unpaired) electrons. The molecule has 24 heavy (non-hydrogen) atoms. The minimum Gasteiger partial charge on any atom is -0.352 e. The van der Waals surface area contributed by atoms with E-state index in [1.54, 1.807) is 0 Å². The summed E-state index contributed by atoms with van der Waals surface area (Å²) in [6.45, 7) is 0.388. The third kappa shape index (κ3) is 4.04. The molecule has 126 valence electrons. The topological polar surface area (TPSA) is 74.8 Å². The summed E-state index contributed by atoms with van der Waals surface area (Å²) >= 11 is 0. The van der Waals surface area contributed by atoms with Gasteiger partial charge < -0.3 is 10.3 Å². The van der Waals surface area contributed by atoms with Crippen LogP contribution in [0.1, 0.15) is 28.8 Å². The number of carbonyl (C=O) groups excluding carboxylic acids is 1. The zero-order valence-electron chi connectivity index (χ0n) is 12.9. The van der Waals surface area contributed by atoms with E-state index in [9.17, 15) is 18.4 Å². The lowest BCUT2D eigenvalue weighted by Crippen LogP contribution is -2.32. The van der Waals surface area contributed by atoms with Crippen molar-refractivity contribution in [2.45, 2.75) is 19.3 Å². The van der Waals surface area contributed by atoms with Crippen LogP contribution in [0.5, 0.6) is 0 Å². The van der Waals surface area contributed by atoms with E-state index in [0.717, 1.165) is 18.9 Å². The summed E-state index contributed by atoms with van der Waals surface area (Å²) in [7, 11) is 0. The number of H-pyrrole nitrogens is 1. The summed E-state index contributed by atoms with van der Waals surface area (Å²) in [5, 5.41) is 2.79. The first kappa shape index (κ1) is 16.3. The molecule has 2 N–H and O–H groups in total. The molecule has 1 fully saturated rings. The van der Waals surface area contributed by atoms with Crippen molar-refractivity contribution in [1.82, 2.24) is 15.3 Å². The second-order valence-electron chi connectivity index (χ2n) is 6.05. The number of nitrogens with zero attached hydrogens (tertiary/aromatic N) is 1. The average molecular weight is 333 g/mol. The van der Waals surface area contributed by atoms with Crippen molar-refractivity contribution in [2.75, 3.05) is 6.54 Å². The molecule has 0 aliphatic heterocycles. The number of aromatic nitrogens is 2. The number of halogens is 2. The van der Waals surface area contributed by atoms with Crippen molar-refractivity contribution in [3.8, 4) is 0 Å². The molecule has 1 aliphatic rings. The quantitative estimate of drug-likeness (QED) is 0.849. The van der Waals surface area contributed by atoms with Crippen LogP contribution in [0.3, 0.4) is 0 Å². The Morgan fingerprint density at radius 2 is 2.17 bits per heavy atom. The first-order chi connectivity index (χ1) is 11.5. The van der Waals surface area contributed by atoms with Gasteiger partial charge in [0.05, 0.1) is 5.56 Å². The van der Waals surface area contributed by atoms with E-state index in [0.29, 0.717) is 24.4 Å². The van der Waals surface area contributed by atoms with E-state index in [-0.39, 0.29) is 17.4 Å². The van der Waals surface area contributed by atoms with Crippen LogP contribution in [0, 0.1) is 23.5 Å². The standard InChI is InChI=1S/C17H17F2N3O2/c18-14-4-3-11(15(19)6-14)5-12(10-1-2-10)7-20-16(23)13-8-21-17(24)22-9-13/h3-4,6,8-10,12H,1-2,5,7H2,(H,20,23)(H,21,22,24)/t12-/m0/s1. The molecule has 1 atom stereocenters. The largest absolute Gasteiger partial charge is 0.352 e. The van der Waals surface area contributed by atoms with Gasteiger partial charge in [-0.05, 0) is 42.7 Å². The number of benzene rings is 1. The Bertz CT molecular complexity index is 782. The Balaban J connectivity index is 1.63. The van der Waals surface area contributed by atoms with Gasteiger partial charge in [0, 0.05) is 25.0 Å². The van der Waals surface area contributed by atoms with E-state index in [1.165, 1.54) is 24.5 Å². The van der Waals surface area contributed by atoms with Gasteiger partial charge in [-0.2, -0.15) is 0 Å². The maximum absolute atomic E-state index is 13.8. The van der Waals surface area contributed by atoms with E-state index in [2.05, 4.69) is 15.3 Å². The Morgan fingerprint density at radius 3 is 2.79 bits per heavy atom. The van der Waals surface area contributed by atoms with Crippen LogP contribution in [-0.2, 0) is 6.42 Å². The molecule has 5 nitrogen and oxygen atoms in total. The molecule has 1 saturated carbocycles. The van der Waals surface area contributed by atoms with Crippen LogP contribution < -0.4 is 11.0 Å². The maximum atomic E-state index is 13.8. The van der Waals surface area contributed by atoms with Crippen LogP contribution in [0.4, 0.5) is 8.78 Å². The molecule has 1 heterocycles. The van der Waals surface area contributed by atoms with Gasteiger partial charge in [-0.15, -0.1) is 0 Å². The van der Waals surface area contributed by atoms with Crippen LogP contribution in [0.2, 0.25) is 0 Å². The Hall–Kier alpha value is -2.57. The van der Waals surface area contributed by atoms with E-state index < -0.39 is 17.3 Å². The van der Waals surface area contributed by atoms with Gasteiger partial charge >= 0.3 is 5.69 Å². The second kappa shape index (κ2) is 6.90. The first-order valence-corrected chi connectivity index (χ1v) is 7.80. The Kier molecular flexibility index (Phi) is 4.69. The van der Waals surface area contributed by atoms with Crippen LogP contribution in [0.25, 0.3) is 0 Å². The summed E-state index contributed by atoms with van der Waals surface area (Å²) < 4.78 is 26.8. The van der Waals surface area contributed by atoms with Gasteiger partial charge in [0.25, 0.3) is 5.91 Å². The number of hydrogen-bond acceptors (Lipinski definition) is 3. The molecular formula is C17H17F2N3O2. The molecule has 3 rings (SSSR count). The smallest absolute Gasteiger partial charge is 0.344 e. The molecule has 2 aromatic rings. The lowest BCUT2D eigenvalue weighted by Gasteiger charge is -2.17. The molecule has 0 bridgehead atoms. The van der Waals surface area contributed by atoms with Crippen LogP contribution in [0.15, 0.2) is 35.4 Å². The van der Waals surface area contributed by atoms with Crippen molar-refractivity contribution in [3.05, 3.63) is 63.8 Å². The number of amides is 1. The number of carbonyl (C=O) groups is 1. The van der Waals surface area contributed by atoms with Gasteiger partial charge in [-0.3, -0.25) is 4.79 Å². The van der Waals surface area contributed by atoms with E-state index >= 15 is 0 Å². The maximum Gasteiger partial charge on any atom is 0.344 e. The number of nitrogens with one attached hydrogen (secondary N) is 2. The minimum absolute atomic E-state index is 0.0876. The monoisotopic (exact) mass is 333 g/mol. The summed E-state index contributed by atoms with van der Waals surface area (Å²) in [5.74, 6) is -0.980. The average Bonchev–Trinajstić information content (AvgIpc) is 3.38. The lowest BCUT2D eigenvalue weighted by atomic mass is 9.94. The number of aromatic amines is 1. The van der Waals surface area contributed by atoms with Crippen molar-refractivity contribution < 1.29 is 13.6 Å². The Morgan fingerprint density at radius 1 is 1.38 bits per heavy atom. The normalized spacial score (nSPS) is 15.1. The highest BCUT2D eigenvalue weighted by atomic mass is 19.1. The molecule has 1 amide bonds.